The molecule has 0 spiro atoms. The Kier molecular flexibility index (Phi) is 6.09. The molecule has 3 aromatic rings. The predicted octanol–water partition coefficient (Wildman–Crippen LogP) is 1.47. The highest BCUT2D eigenvalue weighted by Gasteiger charge is 2.31. The number of rotatable bonds is 8. The van der Waals surface area contributed by atoms with Gasteiger partial charge in [-0.1, -0.05) is 16.1 Å². The molecule has 0 bridgehead atoms. The number of hydrogen-bond donors (Lipinski definition) is 3. The first-order chi connectivity index (χ1) is 14.5. The molecule has 2 aromatic carbocycles. The van der Waals surface area contributed by atoms with Gasteiger partial charge in [0, 0.05) is 25.9 Å². The number of nitrogens with zero attached hydrogens (tertiary/aromatic N) is 3. The molecule has 166 valence electrons. The van der Waals surface area contributed by atoms with E-state index in [1.165, 1.54) is 12.1 Å². The fourth-order valence-electron chi connectivity index (χ4n) is 2.87. The minimum absolute atomic E-state index is 0.00844. The van der Waals surface area contributed by atoms with E-state index in [0.717, 1.165) is 19.7 Å². The molecule has 0 aliphatic carbocycles. The van der Waals surface area contributed by atoms with Crippen LogP contribution in [0.4, 0.5) is 17.1 Å². The van der Waals surface area contributed by atoms with Crippen molar-refractivity contribution in [2.24, 2.45) is 7.05 Å². The molecule has 1 atom stereocenters. The number of phenols is 1. The molecule has 11 nitrogen and oxygen atoms in total. The van der Waals surface area contributed by atoms with Crippen molar-refractivity contribution in [2.45, 2.75) is 17.9 Å². The van der Waals surface area contributed by atoms with Gasteiger partial charge in [0.15, 0.2) is 5.75 Å². The van der Waals surface area contributed by atoms with Gasteiger partial charge in [0.1, 0.15) is 16.3 Å². The van der Waals surface area contributed by atoms with Crippen LogP contribution in [0.25, 0.3) is 0 Å². The molecule has 1 aromatic heterocycles. The molecule has 3 rings (SSSR count). The van der Waals surface area contributed by atoms with Crippen molar-refractivity contribution in [3.63, 3.8) is 0 Å². The van der Waals surface area contributed by atoms with E-state index in [1.54, 1.807) is 31.0 Å². The van der Waals surface area contributed by atoms with E-state index in [4.69, 9.17) is 16.4 Å². The van der Waals surface area contributed by atoms with Crippen LogP contribution >= 0.6 is 11.6 Å². The fraction of sp³-hybridized carbons (Fsp3) is 0.278. The van der Waals surface area contributed by atoms with Gasteiger partial charge in [-0.15, -0.1) is 0 Å². The summed E-state index contributed by atoms with van der Waals surface area (Å²) in [5.41, 5.74) is -0.994. The van der Waals surface area contributed by atoms with E-state index in [1.807, 2.05) is 0 Å². The van der Waals surface area contributed by atoms with Gasteiger partial charge in [-0.3, -0.25) is 19.1 Å². The zero-order valence-electron chi connectivity index (χ0n) is 17.0. The lowest BCUT2D eigenvalue weighted by Crippen LogP contribution is -2.37. The summed E-state index contributed by atoms with van der Waals surface area (Å²) in [7, 11) is -0.282. The Bertz CT molecular complexity index is 1310. The van der Waals surface area contributed by atoms with E-state index in [9.17, 15) is 23.1 Å². The molecule has 0 aliphatic heterocycles. The lowest BCUT2D eigenvalue weighted by atomic mass is 10.1. The summed E-state index contributed by atoms with van der Waals surface area (Å²) in [6.07, 6.45) is 3.37. The average molecular weight is 470 g/mol. The maximum Gasteiger partial charge on any atom is 0.269 e. The molecule has 1 unspecified atom stereocenters. The fourth-order valence-corrected chi connectivity index (χ4v) is 4.43. The van der Waals surface area contributed by atoms with E-state index >= 15 is 0 Å². The van der Waals surface area contributed by atoms with Crippen molar-refractivity contribution in [3.05, 3.63) is 55.6 Å². The Morgan fingerprint density at radius 1 is 1.26 bits per heavy atom. The van der Waals surface area contributed by atoms with Crippen LogP contribution in [-0.2, 0) is 21.9 Å². The lowest BCUT2D eigenvalue weighted by Gasteiger charge is -2.21. The Morgan fingerprint density at radius 3 is 2.48 bits per heavy atom. The standard InChI is InChI=1S/C18H20ClN5O6S/c1-9(10-7-20-23(2)8-10)21-13-14(17(27)16(13)26)22-12-6-5-11(19)18(15(12)25)31(28,29)24(3)30-4/h5-9,21-22,25H,1-4H3. The summed E-state index contributed by atoms with van der Waals surface area (Å²) in [6, 6.07) is 2.17. The first-order valence-corrected chi connectivity index (χ1v) is 10.7. The van der Waals surface area contributed by atoms with Crippen molar-refractivity contribution in [3.8, 4) is 5.75 Å². The molecule has 13 heteroatoms. The van der Waals surface area contributed by atoms with Crippen molar-refractivity contribution in [1.82, 2.24) is 14.2 Å². The average Bonchev–Trinajstić information content (AvgIpc) is 3.17. The maximum atomic E-state index is 12.6. The quantitative estimate of drug-likeness (QED) is 0.254. The van der Waals surface area contributed by atoms with Crippen LogP contribution in [0.1, 0.15) is 18.5 Å². The number of aromatic nitrogens is 2. The van der Waals surface area contributed by atoms with Gasteiger partial charge >= 0.3 is 0 Å². The molecule has 1 heterocycles. The third-order valence-corrected chi connectivity index (χ3v) is 6.87. The maximum absolute atomic E-state index is 12.6. The number of aryl methyl sites for hydroxylation is 1. The zero-order valence-corrected chi connectivity index (χ0v) is 18.6. The Morgan fingerprint density at radius 2 is 1.90 bits per heavy atom. The predicted molar refractivity (Wildman–Crippen MR) is 115 cm³/mol. The lowest BCUT2D eigenvalue weighted by molar-refractivity contribution is -0.0259. The number of aromatic hydroxyl groups is 1. The van der Waals surface area contributed by atoms with Crippen LogP contribution in [0.5, 0.6) is 5.75 Å². The molecule has 0 radical (unpaired) electrons. The van der Waals surface area contributed by atoms with Crippen molar-refractivity contribution in [2.75, 3.05) is 24.8 Å². The first-order valence-electron chi connectivity index (χ1n) is 8.89. The van der Waals surface area contributed by atoms with Gasteiger partial charge in [0.2, 0.25) is 0 Å². The molecule has 0 aliphatic rings. The number of anilines is 3. The summed E-state index contributed by atoms with van der Waals surface area (Å²) in [5.74, 6) is -0.726. The molecular weight excluding hydrogens is 450 g/mol. The van der Waals surface area contributed by atoms with Crippen molar-refractivity contribution >= 4 is 38.7 Å². The second-order valence-corrected chi connectivity index (χ2v) is 9.00. The molecule has 0 amide bonds. The second kappa shape index (κ2) is 8.30. The van der Waals surface area contributed by atoms with Gasteiger partial charge in [0.05, 0.1) is 30.1 Å². The summed E-state index contributed by atoms with van der Waals surface area (Å²) in [5, 5.41) is 19.9. The molecule has 3 N–H and O–H groups in total. The first kappa shape index (κ1) is 22.7. The van der Waals surface area contributed by atoms with Gasteiger partial charge in [-0.25, -0.2) is 8.42 Å². The van der Waals surface area contributed by atoms with E-state index in [-0.39, 0.29) is 28.1 Å². The van der Waals surface area contributed by atoms with Crippen molar-refractivity contribution < 1.29 is 18.4 Å². The number of nitrogens with one attached hydrogen (secondary N) is 2. The summed E-state index contributed by atoms with van der Waals surface area (Å²) in [6.45, 7) is 1.78. The minimum Gasteiger partial charge on any atom is -0.504 e. The topological polar surface area (TPSA) is 143 Å². The molecule has 0 fully saturated rings. The monoisotopic (exact) mass is 469 g/mol. The van der Waals surface area contributed by atoms with Crippen LogP contribution in [0, 0.1) is 0 Å². The highest BCUT2D eigenvalue weighted by atomic mass is 35.5. The molecule has 0 saturated carbocycles. The third-order valence-electron chi connectivity index (χ3n) is 4.69. The normalized spacial score (nSPS) is 13.0. The number of hydrogen-bond acceptors (Lipinski definition) is 9. The molecular formula is C18H20ClN5O6S. The van der Waals surface area contributed by atoms with Crippen LogP contribution < -0.4 is 21.5 Å². The number of sulfonamides is 1. The zero-order chi connectivity index (χ0) is 23.1. The Labute approximate surface area is 182 Å². The SMILES string of the molecule is CON(C)S(=O)(=O)c1c(Cl)ccc(Nc2c(NC(C)c3cnn(C)c3)c(=O)c2=O)c1O. The highest BCUT2D eigenvalue weighted by molar-refractivity contribution is 7.89. The van der Waals surface area contributed by atoms with Crippen LogP contribution in [0.3, 0.4) is 0 Å². The van der Waals surface area contributed by atoms with E-state index in [2.05, 4.69) is 15.7 Å². The number of benzene rings is 1. The van der Waals surface area contributed by atoms with Gasteiger partial charge < -0.3 is 15.7 Å². The number of phenolic OH excluding ortho intramolecular Hbond substituents is 1. The highest BCUT2D eigenvalue weighted by Crippen LogP contribution is 2.40. The molecule has 31 heavy (non-hydrogen) atoms. The van der Waals surface area contributed by atoms with Gasteiger partial charge in [-0.05, 0) is 19.1 Å². The van der Waals surface area contributed by atoms with Gasteiger partial charge in [0.25, 0.3) is 20.9 Å². The molecule has 0 saturated heterocycles. The van der Waals surface area contributed by atoms with Gasteiger partial charge in [-0.2, -0.15) is 5.10 Å². The minimum atomic E-state index is -4.29. The van der Waals surface area contributed by atoms with E-state index in [0.29, 0.717) is 4.47 Å². The second-order valence-electron chi connectivity index (χ2n) is 6.72. The van der Waals surface area contributed by atoms with Crippen LogP contribution in [0.15, 0.2) is 39.0 Å². The number of hydroxylamine groups is 1. The summed E-state index contributed by atoms with van der Waals surface area (Å²) in [4.78, 5) is 28.3. The van der Waals surface area contributed by atoms with Crippen molar-refractivity contribution in [1.29, 1.82) is 0 Å². The third kappa shape index (κ3) is 4.02. The Balaban J connectivity index is 1.96. The summed E-state index contributed by atoms with van der Waals surface area (Å²) < 4.78 is 27.3. The largest absolute Gasteiger partial charge is 0.504 e. The van der Waals surface area contributed by atoms with E-state index < -0.39 is 31.5 Å². The van der Waals surface area contributed by atoms with Crippen LogP contribution in [-0.4, -0.2) is 41.9 Å². The Hall–Kier alpha value is -2.93. The summed E-state index contributed by atoms with van der Waals surface area (Å²) >= 11 is 5.99. The van der Waals surface area contributed by atoms with Crippen LogP contribution in [0.2, 0.25) is 5.02 Å². The smallest absolute Gasteiger partial charge is 0.269 e. The number of halogens is 1.